The quantitative estimate of drug-likeness (QED) is 0.889. The minimum atomic E-state index is -0.545. The van der Waals surface area contributed by atoms with Crippen molar-refractivity contribution >= 4 is 11.8 Å². The van der Waals surface area contributed by atoms with E-state index in [-0.39, 0.29) is 17.9 Å². The zero-order valence-corrected chi connectivity index (χ0v) is 12.2. The number of rotatable bonds is 2. The van der Waals surface area contributed by atoms with E-state index in [1.54, 1.807) is 4.90 Å². The maximum atomic E-state index is 12.7. The van der Waals surface area contributed by atoms with Crippen molar-refractivity contribution in [1.82, 2.24) is 10.2 Å². The standard InChI is InChI=1S/C16H20N2O3/c1-11-5-2-3-6-12(11)14-15(19)17-8-9-18(14)16(20)13-7-4-10-21-13/h2-3,5-6,13-14H,4,7-10H2,1H3,(H,17,19)/t13-,14+/m0/s1. The number of hydrogen-bond donors (Lipinski definition) is 1. The molecule has 2 saturated heterocycles. The SMILES string of the molecule is Cc1ccccc1[C@@H]1C(=O)NCCN1C(=O)[C@@H]1CCCO1. The van der Waals surface area contributed by atoms with Crippen LogP contribution in [0.4, 0.5) is 0 Å². The van der Waals surface area contributed by atoms with Gasteiger partial charge in [-0.25, -0.2) is 0 Å². The van der Waals surface area contributed by atoms with Crippen LogP contribution in [-0.4, -0.2) is 42.5 Å². The molecule has 2 atom stereocenters. The Morgan fingerprint density at radius 3 is 2.90 bits per heavy atom. The van der Waals surface area contributed by atoms with Gasteiger partial charge in [0.05, 0.1) is 0 Å². The summed E-state index contributed by atoms with van der Waals surface area (Å²) in [5.41, 5.74) is 1.91. The molecule has 2 aliphatic rings. The van der Waals surface area contributed by atoms with Crippen LogP contribution in [-0.2, 0) is 14.3 Å². The Morgan fingerprint density at radius 2 is 2.19 bits per heavy atom. The fourth-order valence-electron chi connectivity index (χ4n) is 3.06. The van der Waals surface area contributed by atoms with E-state index in [1.807, 2.05) is 31.2 Å². The number of nitrogens with zero attached hydrogens (tertiary/aromatic N) is 1. The molecule has 0 spiro atoms. The highest BCUT2D eigenvalue weighted by molar-refractivity contribution is 5.91. The van der Waals surface area contributed by atoms with Crippen LogP contribution < -0.4 is 5.32 Å². The molecule has 0 aromatic heterocycles. The van der Waals surface area contributed by atoms with Crippen LogP contribution in [0, 0.1) is 6.92 Å². The normalized spacial score (nSPS) is 25.8. The average molecular weight is 288 g/mol. The third kappa shape index (κ3) is 2.65. The van der Waals surface area contributed by atoms with Gasteiger partial charge in [-0.3, -0.25) is 9.59 Å². The molecule has 21 heavy (non-hydrogen) atoms. The second-order valence-corrected chi connectivity index (χ2v) is 5.58. The third-order valence-electron chi connectivity index (χ3n) is 4.18. The Kier molecular flexibility index (Phi) is 3.92. The Morgan fingerprint density at radius 1 is 1.38 bits per heavy atom. The van der Waals surface area contributed by atoms with Crippen molar-refractivity contribution in [2.75, 3.05) is 19.7 Å². The Balaban J connectivity index is 1.91. The number of ether oxygens (including phenoxy) is 1. The van der Waals surface area contributed by atoms with E-state index in [2.05, 4.69) is 5.32 Å². The summed E-state index contributed by atoms with van der Waals surface area (Å²) in [7, 11) is 0. The molecule has 2 amide bonds. The monoisotopic (exact) mass is 288 g/mol. The number of amides is 2. The molecule has 0 saturated carbocycles. The molecule has 1 aromatic rings. The third-order valence-corrected chi connectivity index (χ3v) is 4.18. The molecule has 0 radical (unpaired) electrons. The van der Waals surface area contributed by atoms with Gasteiger partial charge in [0, 0.05) is 19.7 Å². The maximum Gasteiger partial charge on any atom is 0.252 e. The Hall–Kier alpha value is -1.88. The highest BCUT2D eigenvalue weighted by Gasteiger charge is 2.38. The summed E-state index contributed by atoms with van der Waals surface area (Å²) >= 11 is 0. The number of carbonyl (C=O) groups excluding carboxylic acids is 2. The molecule has 1 N–H and O–H groups in total. The van der Waals surface area contributed by atoms with Crippen LogP contribution in [0.3, 0.4) is 0 Å². The maximum absolute atomic E-state index is 12.7. The molecule has 5 heteroatoms. The first kappa shape index (κ1) is 14.1. The van der Waals surface area contributed by atoms with E-state index in [0.29, 0.717) is 19.7 Å². The summed E-state index contributed by atoms with van der Waals surface area (Å²) in [6, 6.07) is 7.17. The topological polar surface area (TPSA) is 58.6 Å². The summed E-state index contributed by atoms with van der Waals surface area (Å²) in [5.74, 6) is -0.169. The molecule has 5 nitrogen and oxygen atoms in total. The summed E-state index contributed by atoms with van der Waals surface area (Å²) in [6.07, 6.45) is 1.27. The van der Waals surface area contributed by atoms with Crippen molar-refractivity contribution in [3.8, 4) is 0 Å². The minimum absolute atomic E-state index is 0.0596. The zero-order chi connectivity index (χ0) is 14.8. The highest BCUT2D eigenvalue weighted by atomic mass is 16.5. The van der Waals surface area contributed by atoms with Crippen molar-refractivity contribution in [2.24, 2.45) is 0 Å². The van der Waals surface area contributed by atoms with Gasteiger partial charge < -0.3 is 15.0 Å². The van der Waals surface area contributed by atoms with Crippen LogP contribution in [0.5, 0.6) is 0 Å². The molecule has 1 aromatic carbocycles. The van der Waals surface area contributed by atoms with E-state index in [1.165, 1.54) is 0 Å². The lowest BCUT2D eigenvalue weighted by atomic mass is 9.97. The second-order valence-electron chi connectivity index (χ2n) is 5.58. The Bertz CT molecular complexity index is 552. The molecule has 112 valence electrons. The van der Waals surface area contributed by atoms with Gasteiger partial charge in [-0.15, -0.1) is 0 Å². The van der Waals surface area contributed by atoms with Crippen molar-refractivity contribution in [2.45, 2.75) is 31.9 Å². The molecular formula is C16H20N2O3. The number of aryl methyl sites for hydroxylation is 1. The Labute approximate surface area is 124 Å². The number of benzene rings is 1. The average Bonchev–Trinajstić information content (AvgIpc) is 3.01. The van der Waals surface area contributed by atoms with E-state index in [0.717, 1.165) is 24.0 Å². The van der Waals surface area contributed by atoms with Gasteiger partial charge in [-0.1, -0.05) is 24.3 Å². The van der Waals surface area contributed by atoms with Gasteiger partial charge in [0.1, 0.15) is 12.1 Å². The first-order valence-electron chi connectivity index (χ1n) is 7.44. The summed E-state index contributed by atoms with van der Waals surface area (Å²) < 4.78 is 5.49. The van der Waals surface area contributed by atoms with E-state index >= 15 is 0 Å². The number of hydrogen-bond acceptors (Lipinski definition) is 3. The summed E-state index contributed by atoms with van der Waals surface area (Å²) in [6.45, 7) is 3.63. The van der Waals surface area contributed by atoms with Crippen LogP contribution in [0.15, 0.2) is 24.3 Å². The lowest BCUT2D eigenvalue weighted by molar-refractivity contribution is -0.150. The predicted octanol–water partition coefficient (Wildman–Crippen LogP) is 1.17. The van der Waals surface area contributed by atoms with E-state index < -0.39 is 6.04 Å². The molecule has 0 bridgehead atoms. The lowest BCUT2D eigenvalue weighted by Crippen LogP contribution is -2.54. The fourth-order valence-corrected chi connectivity index (χ4v) is 3.06. The van der Waals surface area contributed by atoms with Crippen LogP contribution in [0.25, 0.3) is 0 Å². The zero-order valence-electron chi connectivity index (χ0n) is 12.2. The van der Waals surface area contributed by atoms with E-state index in [9.17, 15) is 9.59 Å². The molecule has 2 aliphatic heterocycles. The van der Waals surface area contributed by atoms with Crippen LogP contribution in [0.2, 0.25) is 0 Å². The van der Waals surface area contributed by atoms with Gasteiger partial charge in [-0.2, -0.15) is 0 Å². The second kappa shape index (κ2) is 5.85. The largest absolute Gasteiger partial charge is 0.368 e. The van der Waals surface area contributed by atoms with E-state index in [4.69, 9.17) is 4.74 Å². The summed E-state index contributed by atoms with van der Waals surface area (Å²) in [4.78, 5) is 26.7. The predicted molar refractivity (Wildman–Crippen MR) is 77.6 cm³/mol. The van der Waals surface area contributed by atoms with Crippen molar-refractivity contribution in [1.29, 1.82) is 0 Å². The number of piperazine rings is 1. The smallest absolute Gasteiger partial charge is 0.252 e. The van der Waals surface area contributed by atoms with Crippen molar-refractivity contribution in [3.05, 3.63) is 35.4 Å². The van der Waals surface area contributed by atoms with Crippen molar-refractivity contribution < 1.29 is 14.3 Å². The van der Waals surface area contributed by atoms with Gasteiger partial charge >= 0.3 is 0 Å². The molecule has 0 unspecified atom stereocenters. The van der Waals surface area contributed by atoms with Crippen molar-refractivity contribution in [3.63, 3.8) is 0 Å². The van der Waals surface area contributed by atoms with Gasteiger partial charge in [0.15, 0.2) is 0 Å². The number of carbonyl (C=O) groups is 2. The molecule has 0 aliphatic carbocycles. The van der Waals surface area contributed by atoms with Gasteiger partial charge in [0.25, 0.3) is 5.91 Å². The van der Waals surface area contributed by atoms with Gasteiger partial charge in [0.2, 0.25) is 5.91 Å². The molecule has 3 rings (SSSR count). The minimum Gasteiger partial charge on any atom is -0.368 e. The van der Waals surface area contributed by atoms with Crippen LogP contribution in [0.1, 0.15) is 30.0 Å². The molecular weight excluding hydrogens is 268 g/mol. The summed E-state index contributed by atoms with van der Waals surface area (Å²) in [5, 5.41) is 2.86. The molecule has 2 fully saturated rings. The first-order chi connectivity index (χ1) is 10.2. The fraction of sp³-hybridized carbons (Fsp3) is 0.500. The lowest BCUT2D eigenvalue weighted by Gasteiger charge is -2.37. The first-order valence-corrected chi connectivity index (χ1v) is 7.44. The van der Waals surface area contributed by atoms with Gasteiger partial charge in [-0.05, 0) is 30.9 Å². The highest BCUT2D eigenvalue weighted by Crippen LogP contribution is 2.28. The van der Waals surface area contributed by atoms with Crippen LogP contribution >= 0.6 is 0 Å². The molecule has 2 heterocycles. The number of nitrogens with one attached hydrogen (secondary N) is 1.